The van der Waals surface area contributed by atoms with Gasteiger partial charge in [0.1, 0.15) is 0 Å². The summed E-state index contributed by atoms with van der Waals surface area (Å²) in [6.45, 7) is 3.32. The number of ether oxygens (including phenoxy) is 1. The van der Waals surface area contributed by atoms with Gasteiger partial charge >= 0.3 is 11.9 Å². The van der Waals surface area contributed by atoms with Crippen LogP contribution in [0, 0.1) is 5.92 Å². The summed E-state index contributed by atoms with van der Waals surface area (Å²) in [5, 5.41) is 17.8. The fraction of sp³-hybridized carbons (Fsp3) is 0.500. The molecule has 5 nitrogen and oxygen atoms in total. The molecule has 0 aliphatic rings. The molecule has 0 aromatic carbocycles. The number of esters is 1. The molecule has 0 spiro atoms. The Kier molecular flexibility index (Phi) is 4.76. The van der Waals surface area contributed by atoms with E-state index in [1.807, 2.05) is 0 Å². The van der Waals surface area contributed by atoms with E-state index in [9.17, 15) is 14.7 Å². The molecule has 0 saturated heterocycles. The van der Waals surface area contributed by atoms with Crippen molar-refractivity contribution in [2.24, 2.45) is 5.92 Å². The van der Waals surface area contributed by atoms with Crippen LogP contribution in [0.1, 0.15) is 6.42 Å². The van der Waals surface area contributed by atoms with E-state index >= 15 is 0 Å². The second-order valence-corrected chi connectivity index (χ2v) is 2.44. The molecule has 0 aromatic rings. The molecule has 0 radical (unpaired) electrons. The van der Waals surface area contributed by atoms with Gasteiger partial charge in [0.2, 0.25) is 0 Å². The third-order valence-electron chi connectivity index (χ3n) is 1.56. The summed E-state index contributed by atoms with van der Waals surface area (Å²) in [4.78, 5) is 21.3. The molecule has 0 aliphatic carbocycles. The average molecular weight is 188 g/mol. The summed E-state index contributed by atoms with van der Waals surface area (Å²) in [5.74, 6) is -3.39. The van der Waals surface area contributed by atoms with Gasteiger partial charge in [-0.05, 0) is 6.42 Å². The SMILES string of the molecule is C=CCC(C(=O)O)C(O)C(=O)OC. The number of carboxylic acid groups (broad SMARTS) is 1. The van der Waals surface area contributed by atoms with Crippen molar-refractivity contribution in [1.29, 1.82) is 0 Å². The Morgan fingerprint density at radius 2 is 2.15 bits per heavy atom. The number of allylic oxidation sites excluding steroid dienone is 1. The molecule has 2 N–H and O–H groups in total. The van der Waals surface area contributed by atoms with E-state index in [-0.39, 0.29) is 6.42 Å². The molecule has 0 saturated carbocycles. The van der Waals surface area contributed by atoms with Crippen LogP contribution in [0.3, 0.4) is 0 Å². The average Bonchev–Trinajstić information content (AvgIpc) is 2.11. The van der Waals surface area contributed by atoms with E-state index in [2.05, 4.69) is 11.3 Å². The summed E-state index contributed by atoms with van der Waals surface area (Å²) in [6.07, 6.45) is -0.295. The van der Waals surface area contributed by atoms with Gasteiger partial charge < -0.3 is 14.9 Å². The van der Waals surface area contributed by atoms with Crippen LogP contribution >= 0.6 is 0 Å². The van der Waals surface area contributed by atoms with E-state index in [1.165, 1.54) is 6.08 Å². The quantitative estimate of drug-likeness (QED) is 0.461. The predicted molar refractivity (Wildman–Crippen MR) is 44.0 cm³/mol. The van der Waals surface area contributed by atoms with E-state index in [0.29, 0.717) is 0 Å². The summed E-state index contributed by atoms with van der Waals surface area (Å²) < 4.78 is 4.20. The highest BCUT2D eigenvalue weighted by Crippen LogP contribution is 2.11. The second kappa shape index (κ2) is 5.31. The molecule has 0 fully saturated rings. The maximum atomic E-state index is 10.8. The fourth-order valence-corrected chi connectivity index (χ4v) is 0.829. The number of aliphatic hydroxyl groups is 1. The largest absolute Gasteiger partial charge is 0.481 e. The second-order valence-electron chi connectivity index (χ2n) is 2.44. The highest BCUT2D eigenvalue weighted by molar-refractivity contribution is 5.82. The molecule has 13 heavy (non-hydrogen) atoms. The number of aliphatic hydroxyl groups excluding tert-OH is 1. The minimum absolute atomic E-state index is 0.0194. The van der Waals surface area contributed by atoms with E-state index in [4.69, 9.17) is 5.11 Å². The van der Waals surface area contributed by atoms with Crippen LogP contribution in [-0.4, -0.2) is 35.4 Å². The molecule has 0 bridgehead atoms. The number of hydrogen-bond acceptors (Lipinski definition) is 4. The van der Waals surface area contributed by atoms with Crippen molar-refractivity contribution in [3.8, 4) is 0 Å². The summed E-state index contributed by atoms with van der Waals surface area (Å²) >= 11 is 0. The van der Waals surface area contributed by atoms with Gasteiger partial charge in [0, 0.05) is 0 Å². The van der Waals surface area contributed by atoms with Crippen molar-refractivity contribution < 1.29 is 24.5 Å². The summed E-state index contributed by atoms with van der Waals surface area (Å²) in [7, 11) is 1.08. The van der Waals surface area contributed by atoms with Crippen LogP contribution < -0.4 is 0 Å². The zero-order valence-corrected chi connectivity index (χ0v) is 7.27. The first-order valence-corrected chi connectivity index (χ1v) is 3.64. The standard InChI is InChI=1S/C8H12O5/c1-3-4-5(7(10)11)6(9)8(12)13-2/h3,5-6,9H,1,4H2,2H3,(H,10,11). The predicted octanol–water partition coefficient (Wildman–Crippen LogP) is -0.203. The van der Waals surface area contributed by atoms with Gasteiger partial charge in [-0.1, -0.05) is 6.08 Å². The van der Waals surface area contributed by atoms with Crippen LogP contribution in [0.25, 0.3) is 0 Å². The lowest BCUT2D eigenvalue weighted by molar-refractivity contribution is -0.161. The molecule has 0 aromatic heterocycles. The van der Waals surface area contributed by atoms with Gasteiger partial charge in [0.15, 0.2) is 6.10 Å². The van der Waals surface area contributed by atoms with Crippen LogP contribution in [0.15, 0.2) is 12.7 Å². The lowest BCUT2D eigenvalue weighted by Gasteiger charge is -2.14. The zero-order valence-electron chi connectivity index (χ0n) is 7.27. The Hall–Kier alpha value is -1.36. The van der Waals surface area contributed by atoms with Crippen molar-refractivity contribution >= 4 is 11.9 Å². The first-order valence-electron chi connectivity index (χ1n) is 3.64. The van der Waals surface area contributed by atoms with E-state index in [0.717, 1.165) is 7.11 Å². The van der Waals surface area contributed by atoms with E-state index in [1.54, 1.807) is 0 Å². The minimum atomic E-state index is -1.64. The molecule has 74 valence electrons. The minimum Gasteiger partial charge on any atom is -0.481 e. The Morgan fingerprint density at radius 1 is 1.62 bits per heavy atom. The third-order valence-corrected chi connectivity index (χ3v) is 1.56. The van der Waals surface area contributed by atoms with Gasteiger partial charge in [-0.3, -0.25) is 4.79 Å². The topological polar surface area (TPSA) is 83.8 Å². The van der Waals surface area contributed by atoms with Crippen LogP contribution in [0.2, 0.25) is 0 Å². The maximum absolute atomic E-state index is 10.8. The molecule has 5 heteroatoms. The van der Waals surface area contributed by atoms with Crippen LogP contribution in [-0.2, 0) is 14.3 Å². The number of carboxylic acids is 1. The lowest BCUT2D eigenvalue weighted by Crippen LogP contribution is -2.35. The maximum Gasteiger partial charge on any atom is 0.335 e. The monoisotopic (exact) mass is 188 g/mol. The highest BCUT2D eigenvalue weighted by Gasteiger charge is 2.31. The number of carbonyl (C=O) groups excluding carboxylic acids is 1. The molecule has 2 atom stereocenters. The summed E-state index contributed by atoms with van der Waals surface area (Å²) in [5.41, 5.74) is 0. The number of aliphatic carboxylic acids is 1. The van der Waals surface area contributed by atoms with Crippen molar-refractivity contribution in [3.05, 3.63) is 12.7 Å². The number of methoxy groups -OCH3 is 1. The Labute approximate surface area is 75.6 Å². The summed E-state index contributed by atoms with van der Waals surface area (Å²) in [6, 6.07) is 0. The van der Waals surface area contributed by atoms with Gasteiger partial charge in [-0.25, -0.2) is 4.79 Å². The van der Waals surface area contributed by atoms with Crippen molar-refractivity contribution in [2.75, 3.05) is 7.11 Å². The smallest absolute Gasteiger partial charge is 0.335 e. The zero-order chi connectivity index (χ0) is 10.4. The number of carbonyl (C=O) groups is 2. The normalized spacial score (nSPS) is 14.3. The Bertz CT molecular complexity index is 211. The van der Waals surface area contributed by atoms with Crippen LogP contribution in [0.4, 0.5) is 0 Å². The number of hydrogen-bond donors (Lipinski definition) is 2. The lowest BCUT2D eigenvalue weighted by atomic mass is 9.99. The third kappa shape index (κ3) is 3.25. The van der Waals surface area contributed by atoms with Gasteiger partial charge in [0.25, 0.3) is 0 Å². The molecule has 0 heterocycles. The highest BCUT2D eigenvalue weighted by atomic mass is 16.5. The Balaban J connectivity index is 4.44. The Morgan fingerprint density at radius 3 is 2.46 bits per heavy atom. The van der Waals surface area contributed by atoms with Gasteiger partial charge in [-0.15, -0.1) is 6.58 Å². The van der Waals surface area contributed by atoms with Crippen molar-refractivity contribution in [1.82, 2.24) is 0 Å². The van der Waals surface area contributed by atoms with E-state index < -0.39 is 24.0 Å². The molecular weight excluding hydrogens is 176 g/mol. The first kappa shape index (κ1) is 11.6. The molecule has 2 unspecified atom stereocenters. The molecule has 0 amide bonds. The molecule has 0 aliphatic heterocycles. The van der Waals surface area contributed by atoms with Crippen LogP contribution in [0.5, 0.6) is 0 Å². The first-order chi connectivity index (χ1) is 6.04. The van der Waals surface area contributed by atoms with Crippen molar-refractivity contribution in [3.63, 3.8) is 0 Å². The molecule has 0 rings (SSSR count). The fourth-order valence-electron chi connectivity index (χ4n) is 0.829. The van der Waals surface area contributed by atoms with Gasteiger partial charge in [-0.2, -0.15) is 0 Å². The number of rotatable bonds is 5. The molecular formula is C8H12O5. The van der Waals surface area contributed by atoms with Crippen molar-refractivity contribution in [2.45, 2.75) is 12.5 Å². The van der Waals surface area contributed by atoms with Gasteiger partial charge in [0.05, 0.1) is 13.0 Å².